The number of benzene rings is 1. The third-order valence-electron chi connectivity index (χ3n) is 5.78. The molecule has 1 aromatic carbocycles. The highest BCUT2D eigenvalue weighted by Gasteiger charge is 2.31. The second-order valence-electron chi connectivity index (χ2n) is 8.98. The molecule has 0 radical (unpaired) electrons. The van der Waals surface area contributed by atoms with Crippen LogP contribution in [0.1, 0.15) is 32.3 Å². The first-order chi connectivity index (χ1) is 17.4. The van der Waals surface area contributed by atoms with E-state index in [9.17, 15) is 34.2 Å². The second-order valence-corrected chi connectivity index (χ2v) is 8.98. The van der Waals surface area contributed by atoms with E-state index in [0.717, 1.165) is 10.9 Å². The Morgan fingerprint density at radius 3 is 2.19 bits per heavy atom. The molecule has 0 aliphatic carbocycles. The molecule has 1 aromatic heterocycles. The van der Waals surface area contributed by atoms with Crippen molar-refractivity contribution >= 4 is 40.6 Å². The number of aliphatic hydroxyl groups is 1. The van der Waals surface area contributed by atoms with Gasteiger partial charge in [-0.25, -0.2) is 4.79 Å². The number of fused-ring (bicyclic) bond motifs is 1. The molecule has 13 heteroatoms. The van der Waals surface area contributed by atoms with Crippen LogP contribution in [0.3, 0.4) is 0 Å². The highest BCUT2D eigenvalue weighted by Crippen LogP contribution is 2.19. The van der Waals surface area contributed by atoms with E-state index in [1.54, 1.807) is 26.1 Å². The molecule has 202 valence electrons. The maximum atomic E-state index is 12.8. The summed E-state index contributed by atoms with van der Waals surface area (Å²) in [5, 5.41) is 36.0. The number of aromatic nitrogens is 1. The van der Waals surface area contributed by atoms with Crippen molar-refractivity contribution in [3.05, 3.63) is 36.0 Å². The van der Waals surface area contributed by atoms with E-state index >= 15 is 0 Å². The topological polar surface area (TPSA) is 224 Å². The molecule has 13 nitrogen and oxygen atoms in total. The quantitative estimate of drug-likeness (QED) is 0.154. The summed E-state index contributed by atoms with van der Waals surface area (Å²) in [5.74, 6) is -5.34. The number of carbonyl (C=O) groups excluding carboxylic acids is 3. The Hall–Kier alpha value is -3.97. The van der Waals surface area contributed by atoms with Crippen molar-refractivity contribution in [3.63, 3.8) is 0 Å². The number of para-hydroxylation sites is 1. The lowest BCUT2D eigenvalue weighted by Crippen LogP contribution is -2.59. The number of aliphatic hydroxyl groups excluding tert-OH is 1. The van der Waals surface area contributed by atoms with Gasteiger partial charge in [0.1, 0.15) is 18.1 Å². The van der Waals surface area contributed by atoms with Crippen LogP contribution in [-0.2, 0) is 30.4 Å². The SMILES string of the molecule is CC(C)C(NC(=O)C(N)CCC(=O)O)C(=O)NC(CO)C(=O)NC(Cc1c[nH]c2ccccc12)C(=O)O. The number of amides is 3. The fourth-order valence-electron chi connectivity index (χ4n) is 3.65. The molecule has 37 heavy (non-hydrogen) atoms. The van der Waals surface area contributed by atoms with Crippen LogP contribution in [0.25, 0.3) is 10.9 Å². The maximum Gasteiger partial charge on any atom is 0.326 e. The van der Waals surface area contributed by atoms with Crippen LogP contribution in [-0.4, -0.2) is 80.7 Å². The minimum Gasteiger partial charge on any atom is -0.481 e. The summed E-state index contributed by atoms with van der Waals surface area (Å²) in [6.45, 7) is 2.43. The van der Waals surface area contributed by atoms with Gasteiger partial charge in [0.2, 0.25) is 17.7 Å². The molecule has 9 N–H and O–H groups in total. The van der Waals surface area contributed by atoms with Gasteiger partial charge in [-0.2, -0.15) is 0 Å². The highest BCUT2D eigenvalue weighted by atomic mass is 16.4. The third kappa shape index (κ3) is 8.29. The van der Waals surface area contributed by atoms with Crippen LogP contribution in [0, 0.1) is 5.92 Å². The fraction of sp³-hybridized carbons (Fsp3) is 0.458. The standard InChI is InChI=1S/C24H33N5O8/c1-12(2)20(29-21(33)15(25)7-8-19(31)32)23(35)28-18(11-30)22(34)27-17(24(36)37)9-13-10-26-16-6-4-3-5-14(13)16/h3-6,10,12,15,17-18,20,26,30H,7-9,11,25H2,1-2H3,(H,27,34)(H,28,35)(H,29,33)(H,31,32)(H,36,37). The summed E-state index contributed by atoms with van der Waals surface area (Å²) in [5.41, 5.74) is 7.16. The smallest absolute Gasteiger partial charge is 0.326 e. The molecule has 4 unspecified atom stereocenters. The zero-order chi connectivity index (χ0) is 27.7. The molecule has 0 fully saturated rings. The van der Waals surface area contributed by atoms with Gasteiger partial charge in [0, 0.05) is 29.9 Å². The number of hydrogen-bond donors (Lipinski definition) is 8. The van der Waals surface area contributed by atoms with E-state index in [4.69, 9.17) is 10.8 Å². The van der Waals surface area contributed by atoms with Crippen LogP contribution in [0.5, 0.6) is 0 Å². The van der Waals surface area contributed by atoms with Gasteiger partial charge in [-0.3, -0.25) is 19.2 Å². The lowest BCUT2D eigenvalue weighted by atomic mass is 10.0. The van der Waals surface area contributed by atoms with Crippen LogP contribution in [0.4, 0.5) is 0 Å². The number of hydrogen-bond acceptors (Lipinski definition) is 7. The zero-order valence-electron chi connectivity index (χ0n) is 20.6. The lowest BCUT2D eigenvalue weighted by molar-refractivity contribution is -0.142. The molecule has 0 aliphatic heterocycles. The van der Waals surface area contributed by atoms with Crippen LogP contribution in [0.15, 0.2) is 30.5 Å². The number of rotatable bonds is 14. The molecule has 2 rings (SSSR count). The van der Waals surface area contributed by atoms with Crippen molar-refractivity contribution < 1.29 is 39.3 Å². The minimum absolute atomic E-state index is 0.0455. The summed E-state index contributed by atoms with van der Waals surface area (Å²) in [4.78, 5) is 63.5. The molecular formula is C24H33N5O8. The van der Waals surface area contributed by atoms with Gasteiger partial charge in [0.05, 0.1) is 12.6 Å². The molecule has 0 saturated carbocycles. The van der Waals surface area contributed by atoms with Gasteiger partial charge in [0.25, 0.3) is 0 Å². The van der Waals surface area contributed by atoms with Crippen molar-refractivity contribution in [2.24, 2.45) is 11.7 Å². The first kappa shape index (κ1) is 29.3. The number of carboxylic acid groups (broad SMARTS) is 2. The summed E-state index contributed by atoms with van der Waals surface area (Å²) < 4.78 is 0. The predicted octanol–water partition coefficient (Wildman–Crippen LogP) is -0.910. The van der Waals surface area contributed by atoms with Gasteiger partial charge in [-0.1, -0.05) is 32.0 Å². The number of H-pyrrole nitrogens is 1. The Bertz CT molecular complexity index is 1130. The molecule has 1 heterocycles. The van der Waals surface area contributed by atoms with Gasteiger partial charge < -0.3 is 42.0 Å². The van der Waals surface area contributed by atoms with Gasteiger partial charge in [0.15, 0.2) is 0 Å². The summed E-state index contributed by atoms with van der Waals surface area (Å²) in [6.07, 6.45) is 1.14. The van der Waals surface area contributed by atoms with Gasteiger partial charge in [-0.15, -0.1) is 0 Å². The normalized spacial score (nSPS) is 14.4. The lowest BCUT2D eigenvalue weighted by Gasteiger charge is -2.26. The van der Waals surface area contributed by atoms with Crippen molar-refractivity contribution in [2.45, 2.75) is 57.3 Å². The Kier molecular flexibility index (Phi) is 10.6. The Balaban J connectivity index is 2.05. The number of carboxylic acids is 2. The molecule has 0 bridgehead atoms. The number of nitrogens with one attached hydrogen (secondary N) is 4. The number of aliphatic carboxylic acids is 2. The van der Waals surface area contributed by atoms with E-state index in [1.165, 1.54) is 0 Å². The van der Waals surface area contributed by atoms with Crippen LogP contribution in [0.2, 0.25) is 0 Å². The number of nitrogens with two attached hydrogens (primary N) is 1. The zero-order valence-corrected chi connectivity index (χ0v) is 20.6. The average molecular weight is 520 g/mol. The molecular weight excluding hydrogens is 486 g/mol. The number of carbonyl (C=O) groups is 5. The minimum atomic E-state index is -1.49. The van der Waals surface area contributed by atoms with Gasteiger partial charge >= 0.3 is 11.9 Å². The Morgan fingerprint density at radius 2 is 1.59 bits per heavy atom. The Morgan fingerprint density at radius 1 is 0.946 bits per heavy atom. The van der Waals surface area contributed by atoms with E-state index in [2.05, 4.69) is 20.9 Å². The third-order valence-corrected chi connectivity index (χ3v) is 5.78. The van der Waals surface area contributed by atoms with Crippen molar-refractivity contribution in [1.82, 2.24) is 20.9 Å². The summed E-state index contributed by atoms with van der Waals surface area (Å²) in [6, 6.07) is 2.12. The van der Waals surface area contributed by atoms with E-state index in [0.29, 0.717) is 5.56 Å². The maximum absolute atomic E-state index is 12.8. The molecule has 0 aliphatic rings. The van der Waals surface area contributed by atoms with Gasteiger partial charge in [-0.05, 0) is 24.0 Å². The fourth-order valence-corrected chi connectivity index (χ4v) is 3.65. The molecule has 4 atom stereocenters. The molecule has 0 saturated heterocycles. The largest absolute Gasteiger partial charge is 0.481 e. The van der Waals surface area contributed by atoms with E-state index < -0.39 is 66.4 Å². The molecule has 3 amide bonds. The first-order valence-electron chi connectivity index (χ1n) is 11.7. The molecule has 0 spiro atoms. The second kappa shape index (κ2) is 13.4. The van der Waals surface area contributed by atoms with E-state index in [1.807, 2.05) is 18.2 Å². The van der Waals surface area contributed by atoms with E-state index in [-0.39, 0.29) is 19.3 Å². The van der Waals surface area contributed by atoms with Crippen molar-refractivity contribution in [1.29, 1.82) is 0 Å². The average Bonchev–Trinajstić information content (AvgIpc) is 3.25. The summed E-state index contributed by atoms with van der Waals surface area (Å²) >= 11 is 0. The Labute approximate surface area is 212 Å². The number of aromatic amines is 1. The molecule has 2 aromatic rings. The van der Waals surface area contributed by atoms with Crippen LogP contribution < -0.4 is 21.7 Å². The first-order valence-corrected chi connectivity index (χ1v) is 11.7. The highest BCUT2D eigenvalue weighted by molar-refractivity contribution is 5.94. The predicted molar refractivity (Wildman–Crippen MR) is 132 cm³/mol. The monoisotopic (exact) mass is 519 g/mol. The van der Waals surface area contributed by atoms with Crippen LogP contribution >= 0.6 is 0 Å². The summed E-state index contributed by atoms with van der Waals surface area (Å²) in [7, 11) is 0. The van der Waals surface area contributed by atoms with Crippen molar-refractivity contribution in [2.75, 3.05) is 6.61 Å². The van der Waals surface area contributed by atoms with Crippen molar-refractivity contribution in [3.8, 4) is 0 Å².